The maximum absolute atomic E-state index is 12.2. The summed E-state index contributed by atoms with van der Waals surface area (Å²) in [6, 6.07) is 8.91. The van der Waals surface area contributed by atoms with Gasteiger partial charge in [0.05, 0.1) is 6.54 Å². The molecule has 2 heterocycles. The number of nitrogens with one attached hydrogen (secondary N) is 1. The number of carbonyl (C=O) groups is 1. The van der Waals surface area contributed by atoms with E-state index in [2.05, 4.69) is 48.3 Å². The monoisotopic (exact) mass is 287 g/mol. The summed E-state index contributed by atoms with van der Waals surface area (Å²) in [5.41, 5.74) is 2.43. The van der Waals surface area contributed by atoms with E-state index in [1.165, 1.54) is 37.1 Å². The first-order chi connectivity index (χ1) is 10.1. The first-order valence-electron chi connectivity index (χ1n) is 7.98. The molecule has 2 atom stereocenters. The molecular formula is C17H25N3O. The second-order valence-corrected chi connectivity index (χ2v) is 6.33. The lowest BCUT2D eigenvalue weighted by Gasteiger charge is -2.31. The molecule has 0 bridgehead atoms. The summed E-state index contributed by atoms with van der Waals surface area (Å²) < 4.78 is 0. The van der Waals surface area contributed by atoms with Crippen LogP contribution in [0.4, 0.5) is 0 Å². The molecule has 1 aromatic rings. The number of likely N-dealkylation sites (tertiary alicyclic amines) is 1. The zero-order chi connectivity index (χ0) is 14.8. The van der Waals surface area contributed by atoms with Crippen LogP contribution in [0.3, 0.4) is 0 Å². The van der Waals surface area contributed by atoms with Gasteiger partial charge in [0.2, 0.25) is 5.91 Å². The lowest BCUT2D eigenvalue weighted by atomic mass is 10.1. The van der Waals surface area contributed by atoms with Gasteiger partial charge in [0.25, 0.3) is 0 Å². The summed E-state index contributed by atoms with van der Waals surface area (Å²) in [4.78, 5) is 16.7. The molecule has 2 saturated heterocycles. The zero-order valence-corrected chi connectivity index (χ0v) is 13.0. The van der Waals surface area contributed by atoms with Gasteiger partial charge in [0.15, 0.2) is 0 Å². The third-order valence-corrected chi connectivity index (χ3v) is 4.70. The van der Waals surface area contributed by atoms with Crippen molar-refractivity contribution in [2.45, 2.75) is 38.9 Å². The standard InChI is InChI=1S/C17H25N3O/c1-13-5-7-15(8-6-13)17-18-11-16(21)20(17)12-14(2)19-9-3-4-10-19/h5-8,14,17-18H,3-4,9-12H2,1-2H3. The van der Waals surface area contributed by atoms with Crippen molar-refractivity contribution in [1.29, 1.82) is 0 Å². The number of hydrogen-bond acceptors (Lipinski definition) is 3. The van der Waals surface area contributed by atoms with Crippen molar-refractivity contribution < 1.29 is 4.79 Å². The molecule has 1 aromatic carbocycles. The first kappa shape index (κ1) is 14.5. The van der Waals surface area contributed by atoms with Crippen LogP contribution in [0.1, 0.15) is 37.1 Å². The van der Waals surface area contributed by atoms with Gasteiger partial charge in [0, 0.05) is 12.6 Å². The molecule has 3 rings (SSSR count). The van der Waals surface area contributed by atoms with E-state index >= 15 is 0 Å². The molecule has 2 aliphatic rings. The largest absolute Gasteiger partial charge is 0.320 e. The number of rotatable bonds is 4. The van der Waals surface area contributed by atoms with E-state index in [1.807, 2.05) is 4.90 Å². The summed E-state index contributed by atoms with van der Waals surface area (Å²) in [5, 5.41) is 3.35. The maximum atomic E-state index is 12.2. The van der Waals surface area contributed by atoms with Crippen molar-refractivity contribution in [2.24, 2.45) is 0 Å². The molecule has 2 fully saturated rings. The van der Waals surface area contributed by atoms with Crippen LogP contribution >= 0.6 is 0 Å². The van der Waals surface area contributed by atoms with Crippen LogP contribution in [0.5, 0.6) is 0 Å². The van der Waals surface area contributed by atoms with Crippen LogP contribution in [-0.4, -0.2) is 47.9 Å². The van der Waals surface area contributed by atoms with Crippen LogP contribution in [0.15, 0.2) is 24.3 Å². The fourth-order valence-corrected chi connectivity index (χ4v) is 3.38. The highest BCUT2D eigenvalue weighted by Crippen LogP contribution is 2.24. The van der Waals surface area contributed by atoms with E-state index in [0.717, 1.165) is 6.54 Å². The van der Waals surface area contributed by atoms with Gasteiger partial charge in [-0.2, -0.15) is 0 Å². The Balaban J connectivity index is 1.71. The minimum atomic E-state index is 0.0307. The molecule has 4 nitrogen and oxygen atoms in total. The molecule has 0 spiro atoms. The average molecular weight is 287 g/mol. The molecule has 0 saturated carbocycles. The van der Waals surface area contributed by atoms with E-state index < -0.39 is 0 Å². The Hall–Kier alpha value is -1.39. The van der Waals surface area contributed by atoms with Crippen LogP contribution < -0.4 is 5.32 Å². The lowest BCUT2D eigenvalue weighted by Crippen LogP contribution is -2.43. The quantitative estimate of drug-likeness (QED) is 0.919. The number of amides is 1. The van der Waals surface area contributed by atoms with Crippen molar-refractivity contribution in [3.63, 3.8) is 0 Å². The summed E-state index contributed by atoms with van der Waals surface area (Å²) in [6.45, 7) is 7.93. The Bertz CT molecular complexity index is 493. The highest BCUT2D eigenvalue weighted by Gasteiger charge is 2.33. The molecule has 1 N–H and O–H groups in total. The van der Waals surface area contributed by atoms with E-state index in [9.17, 15) is 4.79 Å². The van der Waals surface area contributed by atoms with Gasteiger partial charge < -0.3 is 4.90 Å². The smallest absolute Gasteiger partial charge is 0.238 e. The van der Waals surface area contributed by atoms with Crippen molar-refractivity contribution in [2.75, 3.05) is 26.2 Å². The van der Waals surface area contributed by atoms with Crippen molar-refractivity contribution in [3.05, 3.63) is 35.4 Å². The van der Waals surface area contributed by atoms with Gasteiger partial charge in [-0.3, -0.25) is 15.0 Å². The summed E-state index contributed by atoms with van der Waals surface area (Å²) in [6.07, 6.45) is 2.61. The molecule has 2 unspecified atom stereocenters. The molecule has 2 aliphatic heterocycles. The Morgan fingerprint density at radius 1 is 1.24 bits per heavy atom. The number of carbonyl (C=O) groups excluding carboxylic acids is 1. The molecule has 4 heteroatoms. The highest BCUT2D eigenvalue weighted by atomic mass is 16.2. The van der Waals surface area contributed by atoms with Gasteiger partial charge >= 0.3 is 0 Å². The predicted octanol–water partition coefficient (Wildman–Crippen LogP) is 1.91. The minimum Gasteiger partial charge on any atom is -0.320 e. The number of nitrogens with zero attached hydrogens (tertiary/aromatic N) is 2. The molecule has 0 radical (unpaired) electrons. The number of hydrogen-bond donors (Lipinski definition) is 1. The summed E-state index contributed by atoms with van der Waals surface area (Å²) >= 11 is 0. The molecule has 21 heavy (non-hydrogen) atoms. The molecule has 0 aromatic heterocycles. The van der Waals surface area contributed by atoms with Crippen molar-refractivity contribution in [1.82, 2.24) is 15.1 Å². The van der Waals surface area contributed by atoms with E-state index in [4.69, 9.17) is 0 Å². The predicted molar refractivity (Wildman–Crippen MR) is 83.9 cm³/mol. The SMILES string of the molecule is Cc1ccc(C2NCC(=O)N2CC(C)N2CCCC2)cc1. The van der Waals surface area contributed by atoms with Gasteiger partial charge in [-0.25, -0.2) is 0 Å². The maximum Gasteiger partial charge on any atom is 0.238 e. The van der Waals surface area contributed by atoms with Crippen LogP contribution in [0.25, 0.3) is 0 Å². The Morgan fingerprint density at radius 2 is 1.90 bits per heavy atom. The van der Waals surface area contributed by atoms with Crippen molar-refractivity contribution in [3.8, 4) is 0 Å². The van der Waals surface area contributed by atoms with Crippen molar-refractivity contribution >= 4 is 5.91 Å². The highest BCUT2D eigenvalue weighted by molar-refractivity contribution is 5.81. The zero-order valence-electron chi connectivity index (χ0n) is 13.0. The molecule has 1 amide bonds. The van der Waals surface area contributed by atoms with Gasteiger partial charge in [0.1, 0.15) is 6.17 Å². The van der Waals surface area contributed by atoms with Crippen LogP contribution in [-0.2, 0) is 4.79 Å². The summed E-state index contributed by atoms with van der Waals surface area (Å²) in [7, 11) is 0. The third kappa shape index (κ3) is 3.11. The summed E-state index contributed by atoms with van der Waals surface area (Å²) in [5.74, 6) is 0.214. The van der Waals surface area contributed by atoms with E-state index in [-0.39, 0.29) is 12.1 Å². The van der Waals surface area contributed by atoms with E-state index in [1.54, 1.807) is 0 Å². The topological polar surface area (TPSA) is 35.6 Å². The number of aryl methyl sites for hydroxylation is 1. The minimum absolute atomic E-state index is 0.0307. The Kier molecular flexibility index (Phi) is 4.27. The normalized spacial score (nSPS) is 24.8. The van der Waals surface area contributed by atoms with Gasteiger partial charge in [-0.15, -0.1) is 0 Å². The third-order valence-electron chi connectivity index (χ3n) is 4.70. The molecular weight excluding hydrogens is 262 g/mol. The molecule has 0 aliphatic carbocycles. The van der Waals surface area contributed by atoms with E-state index in [0.29, 0.717) is 12.6 Å². The Morgan fingerprint density at radius 3 is 2.57 bits per heavy atom. The first-order valence-corrected chi connectivity index (χ1v) is 7.98. The fraction of sp³-hybridized carbons (Fsp3) is 0.588. The van der Waals surface area contributed by atoms with Crippen LogP contribution in [0, 0.1) is 6.92 Å². The Labute approximate surface area is 127 Å². The fourth-order valence-electron chi connectivity index (χ4n) is 3.38. The van der Waals surface area contributed by atoms with Gasteiger partial charge in [-0.1, -0.05) is 29.8 Å². The number of benzene rings is 1. The second-order valence-electron chi connectivity index (χ2n) is 6.33. The lowest BCUT2D eigenvalue weighted by molar-refractivity contribution is -0.128. The van der Waals surface area contributed by atoms with Crippen LogP contribution in [0.2, 0.25) is 0 Å². The average Bonchev–Trinajstić information content (AvgIpc) is 3.11. The second kappa shape index (κ2) is 6.16. The molecule has 114 valence electrons. The van der Waals surface area contributed by atoms with Gasteiger partial charge in [-0.05, 0) is 45.3 Å².